The maximum Gasteiger partial charge on any atom is 0.130 e. The second kappa shape index (κ2) is 4.80. The van der Waals surface area contributed by atoms with Crippen LogP contribution in [0.15, 0.2) is 12.5 Å². The molecule has 0 aromatic carbocycles. The van der Waals surface area contributed by atoms with Gasteiger partial charge in [0.2, 0.25) is 0 Å². The number of carbonyl (C=O) groups excluding carboxylic acids is 1. The summed E-state index contributed by atoms with van der Waals surface area (Å²) in [6.07, 6.45) is 6.21. The van der Waals surface area contributed by atoms with Crippen LogP contribution in [-0.4, -0.2) is 15.3 Å². The molecule has 0 aliphatic heterocycles. The largest absolute Gasteiger partial charge is 0.335 e. The summed E-state index contributed by atoms with van der Waals surface area (Å²) in [5.74, 6) is 0.240. The number of hydrogen-bond acceptors (Lipinski definition) is 2. The fourth-order valence-corrected chi connectivity index (χ4v) is 1.30. The van der Waals surface area contributed by atoms with Gasteiger partial charge in [0.05, 0.1) is 6.33 Å². The minimum Gasteiger partial charge on any atom is -0.335 e. The number of aromatic nitrogens is 2. The van der Waals surface area contributed by atoms with Crippen molar-refractivity contribution in [2.24, 2.45) is 0 Å². The summed E-state index contributed by atoms with van der Waals surface area (Å²) >= 11 is 0. The fourth-order valence-electron chi connectivity index (χ4n) is 1.30. The molecule has 3 nitrogen and oxygen atoms in total. The highest BCUT2D eigenvalue weighted by atomic mass is 16.1. The predicted molar refractivity (Wildman–Crippen MR) is 51.5 cm³/mol. The highest BCUT2D eigenvalue weighted by Crippen LogP contribution is 2.04. The van der Waals surface area contributed by atoms with Crippen molar-refractivity contribution in [3.05, 3.63) is 18.2 Å². The van der Waals surface area contributed by atoms with E-state index in [1.807, 2.05) is 12.5 Å². The SMILES string of the molecule is CCCn1cncc1CCC(C)=O. The van der Waals surface area contributed by atoms with Gasteiger partial charge in [-0.2, -0.15) is 0 Å². The fraction of sp³-hybridized carbons (Fsp3) is 0.600. The zero-order valence-electron chi connectivity index (χ0n) is 8.29. The lowest BCUT2D eigenvalue weighted by molar-refractivity contribution is -0.117. The molecule has 13 heavy (non-hydrogen) atoms. The number of aryl methyl sites for hydroxylation is 2. The lowest BCUT2D eigenvalue weighted by atomic mass is 10.2. The molecule has 1 heterocycles. The van der Waals surface area contributed by atoms with Gasteiger partial charge in [-0.1, -0.05) is 6.92 Å². The summed E-state index contributed by atoms with van der Waals surface area (Å²) in [7, 11) is 0. The van der Waals surface area contributed by atoms with E-state index in [0.29, 0.717) is 6.42 Å². The summed E-state index contributed by atoms with van der Waals surface area (Å²) in [6, 6.07) is 0. The van der Waals surface area contributed by atoms with Crippen LogP contribution in [0.25, 0.3) is 0 Å². The molecular formula is C10H16N2O. The van der Waals surface area contributed by atoms with Gasteiger partial charge in [-0.25, -0.2) is 4.98 Å². The second-order valence-electron chi connectivity index (χ2n) is 3.28. The van der Waals surface area contributed by atoms with Gasteiger partial charge >= 0.3 is 0 Å². The third-order valence-electron chi connectivity index (χ3n) is 2.00. The van der Waals surface area contributed by atoms with Gasteiger partial charge in [0.15, 0.2) is 0 Å². The number of hydrogen-bond donors (Lipinski definition) is 0. The first kappa shape index (κ1) is 9.96. The Morgan fingerprint density at radius 1 is 1.62 bits per heavy atom. The molecule has 0 bridgehead atoms. The van der Waals surface area contributed by atoms with Crippen LogP contribution in [0.4, 0.5) is 0 Å². The molecule has 0 aliphatic rings. The monoisotopic (exact) mass is 180 g/mol. The molecule has 0 radical (unpaired) electrons. The molecule has 0 aliphatic carbocycles. The Balaban J connectivity index is 2.54. The lowest BCUT2D eigenvalue weighted by Crippen LogP contribution is -2.03. The summed E-state index contributed by atoms with van der Waals surface area (Å²) in [5, 5.41) is 0. The van der Waals surface area contributed by atoms with E-state index in [0.717, 1.165) is 25.1 Å². The Kier molecular flexibility index (Phi) is 3.68. The molecule has 0 fully saturated rings. The van der Waals surface area contributed by atoms with Crippen LogP contribution in [0, 0.1) is 0 Å². The predicted octanol–water partition coefficient (Wildman–Crippen LogP) is 1.81. The van der Waals surface area contributed by atoms with Crippen molar-refractivity contribution in [1.29, 1.82) is 0 Å². The van der Waals surface area contributed by atoms with Crippen LogP contribution >= 0.6 is 0 Å². The first-order chi connectivity index (χ1) is 6.24. The molecule has 0 saturated carbocycles. The number of Topliss-reactive ketones (excluding diaryl/α,β-unsaturated/α-hetero) is 1. The third-order valence-corrected chi connectivity index (χ3v) is 2.00. The van der Waals surface area contributed by atoms with E-state index in [2.05, 4.69) is 16.5 Å². The maximum atomic E-state index is 10.8. The van der Waals surface area contributed by atoms with Gasteiger partial charge in [-0.15, -0.1) is 0 Å². The Morgan fingerprint density at radius 3 is 3.00 bits per heavy atom. The molecule has 1 aromatic heterocycles. The number of carbonyl (C=O) groups is 1. The van der Waals surface area contributed by atoms with Crippen LogP contribution < -0.4 is 0 Å². The van der Waals surface area contributed by atoms with Gasteiger partial charge in [-0.3, -0.25) is 0 Å². The van der Waals surface area contributed by atoms with E-state index in [4.69, 9.17) is 0 Å². The Labute approximate surface area is 78.8 Å². The average Bonchev–Trinajstić information content (AvgIpc) is 2.49. The summed E-state index contributed by atoms with van der Waals surface area (Å²) in [5.41, 5.74) is 1.16. The van der Waals surface area contributed by atoms with Gasteiger partial charge in [0, 0.05) is 24.9 Å². The highest BCUT2D eigenvalue weighted by molar-refractivity contribution is 5.75. The van der Waals surface area contributed by atoms with Gasteiger partial charge in [0.25, 0.3) is 0 Å². The zero-order chi connectivity index (χ0) is 9.68. The number of imidazole rings is 1. The molecule has 0 N–H and O–H groups in total. The molecule has 1 rings (SSSR count). The van der Waals surface area contributed by atoms with Crippen LogP contribution in [-0.2, 0) is 17.8 Å². The minimum absolute atomic E-state index is 0.240. The standard InChI is InChI=1S/C10H16N2O/c1-3-6-12-8-11-7-10(12)5-4-9(2)13/h7-8H,3-6H2,1-2H3. The topological polar surface area (TPSA) is 34.9 Å². The van der Waals surface area contributed by atoms with E-state index in [1.165, 1.54) is 0 Å². The van der Waals surface area contributed by atoms with E-state index in [9.17, 15) is 4.79 Å². The first-order valence-electron chi connectivity index (χ1n) is 4.72. The smallest absolute Gasteiger partial charge is 0.130 e. The minimum atomic E-state index is 0.240. The number of ketones is 1. The van der Waals surface area contributed by atoms with Crippen LogP contribution in [0.5, 0.6) is 0 Å². The maximum absolute atomic E-state index is 10.8. The summed E-state index contributed by atoms with van der Waals surface area (Å²) < 4.78 is 2.11. The van der Waals surface area contributed by atoms with Crippen LogP contribution in [0.3, 0.4) is 0 Å². The van der Waals surface area contributed by atoms with Crippen LogP contribution in [0.2, 0.25) is 0 Å². The second-order valence-corrected chi connectivity index (χ2v) is 3.28. The molecule has 0 spiro atoms. The summed E-state index contributed by atoms with van der Waals surface area (Å²) in [6.45, 7) is 4.75. The highest BCUT2D eigenvalue weighted by Gasteiger charge is 2.02. The van der Waals surface area contributed by atoms with E-state index in [-0.39, 0.29) is 5.78 Å². The average molecular weight is 180 g/mol. The Morgan fingerprint density at radius 2 is 2.38 bits per heavy atom. The van der Waals surface area contributed by atoms with Gasteiger partial charge < -0.3 is 9.36 Å². The van der Waals surface area contributed by atoms with Crippen molar-refractivity contribution >= 4 is 5.78 Å². The molecule has 0 saturated heterocycles. The molecule has 0 amide bonds. The lowest BCUT2D eigenvalue weighted by Gasteiger charge is -2.04. The zero-order valence-corrected chi connectivity index (χ0v) is 8.29. The first-order valence-corrected chi connectivity index (χ1v) is 4.72. The molecule has 3 heteroatoms. The molecule has 72 valence electrons. The van der Waals surface area contributed by atoms with Crippen molar-refractivity contribution in [3.63, 3.8) is 0 Å². The quantitative estimate of drug-likeness (QED) is 0.692. The van der Waals surface area contributed by atoms with E-state index < -0.39 is 0 Å². The molecule has 0 atom stereocenters. The van der Waals surface area contributed by atoms with Crippen molar-refractivity contribution < 1.29 is 4.79 Å². The van der Waals surface area contributed by atoms with Gasteiger partial charge in [-0.05, 0) is 19.8 Å². The van der Waals surface area contributed by atoms with Crippen molar-refractivity contribution in [1.82, 2.24) is 9.55 Å². The Hall–Kier alpha value is -1.12. The number of rotatable bonds is 5. The van der Waals surface area contributed by atoms with Crippen molar-refractivity contribution in [3.8, 4) is 0 Å². The van der Waals surface area contributed by atoms with E-state index in [1.54, 1.807) is 6.92 Å². The van der Waals surface area contributed by atoms with Crippen molar-refractivity contribution in [2.45, 2.75) is 39.7 Å². The van der Waals surface area contributed by atoms with Crippen LogP contribution in [0.1, 0.15) is 32.4 Å². The molecular weight excluding hydrogens is 164 g/mol. The normalized spacial score (nSPS) is 10.3. The Bertz CT molecular complexity index is 278. The summed E-state index contributed by atoms with van der Waals surface area (Å²) in [4.78, 5) is 14.8. The molecule has 0 unspecified atom stereocenters. The van der Waals surface area contributed by atoms with Crippen molar-refractivity contribution in [2.75, 3.05) is 0 Å². The molecule has 1 aromatic rings. The third kappa shape index (κ3) is 3.01. The van der Waals surface area contributed by atoms with Gasteiger partial charge in [0.1, 0.15) is 5.78 Å². The number of nitrogens with zero attached hydrogens (tertiary/aromatic N) is 2. The van der Waals surface area contributed by atoms with E-state index >= 15 is 0 Å².